The molecule has 0 saturated heterocycles. The molecule has 2 aliphatic carbocycles. The van der Waals surface area contributed by atoms with Gasteiger partial charge in [-0.05, 0) is 32.6 Å². The lowest BCUT2D eigenvalue weighted by Crippen LogP contribution is -2.48. The maximum Gasteiger partial charge on any atom is 0.276 e. The largest absolute Gasteiger partial charge is 0.385 e. The van der Waals surface area contributed by atoms with Crippen LogP contribution in [0.25, 0.3) is 0 Å². The number of amides is 1. The van der Waals surface area contributed by atoms with Gasteiger partial charge < -0.3 is 14.5 Å². The van der Waals surface area contributed by atoms with Gasteiger partial charge in [0.1, 0.15) is 6.10 Å². The zero-order valence-electron chi connectivity index (χ0n) is 14.0. The SMILES string of the molecule is CC(O)c1cc(C(=O)N(C2CCCCC2)C2CCCCC2)no1. The molecule has 0 aliphatic heterocycles. The molecule has 0 bridgehead atoms. The Morgan fingerprint density at radius 2 is 1.65 bits per heavy atom. The average Bonchev–Trinajstić information content (AvgIpc) is 3.07. The average molecular weight is 320 g/mol. The highest BCUT2D eigenvalue weighted by Gasteiger charge is 2.34. The second-order valence-corrected chi connectivity index (χ2v) is 7.09. The van der Waals surface area contributed by atoms with Gasteiger partial charge >= 0.3 is 0 Å². The molecule has 2 fully saturated rings. The smallest absolute Gasteiger partial charge is 0.276 e. The normalized spacial score (nSPS) is 22.0. The van der Waals surface area contributed by atoms with E-state index in [4.69, 9.17) is 4.52 Å². The van der Waals surface area contributed by atoms with Crippen LogP contribution in [0.5, 0.6) is 0 Å². The Bertz CT molecular complexity index is 496. The first-order chi connectivity index (χ1) is 11.2. The molecule has 2 saturated carbocycles. The minimum absolute atomic E-state index is 0.0144. The predicted molar refractivity (Wildman–Crippen MR) is 87.1 cm³/mol. The number of carbonyl (C=O) groups excluding carboxylic acids is 1. The third-order valence-corrected chi connectivity index (χ3v) is 5.33. The second kappa shape index (κ2) is 7.47. The first-order valence-electron chi connectivity index (χ1n) is 9.14. The van der Waals surface area contributed by atoms with E-state index in [1.807, 2.05) is 0 Å². The molecule has 1 atom stereocenters. The van der Waals surface area contributed by atoms with Gasteiger partial charge in [-0.2, -0.15) is 0 Å². The molecular weight excluding hydrogens is 292 g/mol. The molecule has 0 spiro atoms. The van der Waals surface area contributed by atoms with Crippen LogP contribution in [0.1, 0.15) is 93.5 Å². The summed E-state index contributed by atoms with van der Waals surface area (Å²) in [6, 6.07) is 2.28. The van der Waals surface area contributed by atoms with E-state index >= 15 is 0 Å². The van der Waals surface area contributed by atoms with E-state index in [0.717, 1.165) is 25.7 Å². The van der Waals surface area contributed by atoms with Crippen LogP contribution in [0.15, 0.2) is 10.6 Å². The summed E-state index contributed by atoms with van der Waals surface area (Å²) in [6.07, 6.45) is 11.1. The van der Waals surface area contributed by atoms with Crippen LogP contribution in [0, 0.1) is 0 Å². The van der Waals surface area contributed by atoms with Gasteiger partial charge in [0.25, 0.3) is 5.91 Å². The summed E-state index contributed by atoms with van der Waals surface area (Å²) in [6.45, 7) is 1.62. The number of carbonyl (C=O) groups is 1. The monoisotopic (exact) mass is 320 g/mol. The fourth-order valence-corrected chi connectivity index (χ4v) is 4.07. The summed E-state index contributed by atoms with van der Waals surface area (Å²) in [5.74, 6) is 0.347. The number of aromatic nitrogens is 1. The third kappa shape index (κ3) is 3.77. The molecule has 2 aliphatic rings. The topological polar surface area (TPSA) is 66.6 Å². The van der Waals surface area contributed by atoms with Crippen LogP contribution in [-0.4, -0.2) is 33.2 Å². The predicted octanol–water partition coefficient (Wildman–Crippen LogP) is 3.84. The van der Waals surface area contributed by atoms with Crippen molar-refractivity contribution in [1.29, 1.82) is 0 Å². The highest BCUT2D eigenvalue weighted by Crippen LogP contribution is 2.31. The molecule has 1 aromatic rings. The molecule has 5 heteroatoms. The quantitative estimate of drug-likeness (QED) is 0.915. The van der Waals surface area contributed by atoms with Crippen molar-refractivity contribution in [3.8, 4) is 0 Å². The number of hydrogen-bond acceptors (Lipinski definition) is 4. The Kier molecular flexibility index (Phi) is 5.36. The molecule has 1 amide bonds. The number of aliphatic hydroxyl groups is 1. The maximum atomic E-state index is 13.1. The maximum absolute atomic E-state index is 13.1. The van der Waals surface area contributed by atoms with Crippen LogP contribution in [0.3, 0.4) is 0 Å². The van der Waals surface area contributed by atoms with Gasteiger partial charge in [-0.15, -0.1) is 0 Å². The van der Waals surface area contributed by atoms with E-state index < -0.39 is 6.10 Å². The van der Waals surface area contributed by atoms with Crippen molar-refractivity contribution in [3.63, 3.8) is 0 Å². The summed E-state index contributed by atoms with van der Waals surface area (Å²) in [5, 5.41) is 13.5. The number of hydrogen-bond donors (Lipinski definition) is 1. The van der Waals surface area contributed by atoms with Crippen LogP contribution >= 0.6 is 0 Å². The first kappa shape index (κ1) is 16.5. The van der Waals surface area contributed by atoms with Gasteiger partial charge in [0, 0.05) is 18.2 Å². The molecule has 5 nitrogen and oxygen atoms in total. The lowest BCUT2D eigenvalue weighted by atomic mass is 9.88. The van der Waals surface area contributed by atoms with Crippen LogP contribution in [-0.2, 0) is 0 Å². The van der Waals surface area contributed by atoms with E-state index in [1.165, 1.54) is 38.5 Å². The molecule has 1 heterocycles. The van der Waals surface area contributed by atoms with E-state index in [9.17, 15) is 9.90 Å². The first-order valence-corrected chi connectivity index (χ1v) is 9.14. The van der Waals surface area contributed by atoms with Gasteiger partial charge in [-0.1, -0.05) is 43.7 Å². The van der Waals surface area contributed by atoms with Crippen molar-refractivity contribution >= 4 is 5.91 Å². The van der Waals surface area contributed by atoms with E-state index in [2.05, 4.69) is 10.1 Å². The zero-order chi connectivity index (χ0) is 16.2. The molecule has 3 rings (SSSR count). The molecule has 1 N–H and O–H groups in total. The standard InChI is InChI=1S/C18H28N2O3/c1-13(21)17-12-16(19-23-17)18(22)20(14-8-4-2-5-9-14)15-10-6-3-7-11-15/h12-15,21H,2-11H2,1H3. The highest BCUT2D eigenvalue weighted by molar-refractivity contribution is 5.92. The van der Waals surface area contributed by atoms with Gasteiger partial charge in [0.2, 0.25) is 0 Å². The Balaban J connectivity index is 1.81. The summed E-state index contributed by atoms with van der Waals surface area (Å²) >= 11 is 0. The van der Waals surface area contributed by atoms with E-state index in [-0.39, 0.29) is 5.91 Å². The highest BCUT2D eigenvalue weighted by atomic mass is 16.5. The fraction of sp³-hybridized carbons (Fsp3) is 0.778. The van der Waals surface area contributed by atoms with Crippen LogP contribution in [0.4, 0.5) is 0 Å². The van der Waals surface area contributed by atoms with Gasteiger partial charge in [-0.3, -0.25) is 4.79 Å². The molecule has 1 aromatic heterocycles. The Labute approximate surface area is 138 Å². The Morgan fingerprint density at radius 1 is 1.13 bits per heavy atom. The molecule has 23 heavy (non-hydrogen) atoms. The molecule has 0 radical (unpaired) electrons. The molecule has 1 unspecified atom stereocenters. The van der Waals surface area contributed by atoms with Gasteiger partial charge in [-0.25, -0.2) is 0 Å². The van der Waals surface area contributed by atoms with Crippen molar-refractivity contribution in [2.24, 2.45) is 0 Å². The minimum atomic E-state index is -0.734. The van der Waals surface area contributed by atoms with E-state index in [1.54, 1.807) is 13.0 Å². The third-order valence-electron chi connectivity index (χ3n) is 5.33. The summed E-state index contributed by atoms with van der Waals surface area (Å²) < 4.78 is 5.12. The lowest BCUT2D eigenvalue weighted by molar-refractivity contribution is 0.0438. The van der Waals surface area contributed by atoms with Gasteiger partial charge in [0.05, 0.1) is 0 Å². The number of rotatable bonds is 4. The zero-order valence-corrected chi connectivity index (χ0v) is 14.0. The molecule has 128 valence electrons. The van der Waals surface area contributed by atoms with Crippen molar-refractivity contribution < 1.29 is 14.4 Å². The van der Waals surface area contributed by atoms with Gasteiger partial charge in [0.15, 0.2) is 11.5 Å². The van der Waals surface area contributed by atoms with Crippen molar-refractivity contribution in [2.75, 3.05) is 0 Å². The van der Waals surface area contributed by atoms with Crippen LogP contribution < -0.4 is 0 Å². The molecule has 0 aromatic carbocycles. The Morgan fingerprint density at radius 3 is 2.09 bits per heavy atom. The fourth-order valence-electron chi connectivity index (χ4n) is 4.07. The van der Waals surface area contributed by atoms with Crippen LogP contribution in [0.2, 0.25) is 0 Å². The van der Waals surface area contributed by atoms with E-state index in [0.29, 0.717) is 23.5 Å². The number of nitrogens with zero attached hydrogens (tertiary/aromatic N) is 2. The summed E-state index contributed by atoms with van der Waals surface area (Å²) in [4.78, 5) is 15.2. The number of aliphatic hydroxyl groups excluding tert-OH is 1. The minimum Gasteiger partial charge on any atom is -0.385 e. The second-order valence-electron chi connectivity index (χ2n) is 7.09. The molecular formula is C18H28N2O3. The van der Waals surface area contributed by atoms with Crippen molar-refractivity contribution in [2.45, 2.75) is 89.3 Å². The van der Waals surface area contributed by atoms with Crippen molar-refractivity contribution in [1.82, 2.24) is 10.1 Å². The summed E-state index contributed by atoms with van der Waals surface area (Å²) in [7, 11) is 0. The Hall–Kier alpha value is -1.36. The van der Waals surface area contributed by atoms with Crippen molar-refractivity contribution in [3.05, 3.63) is 17.5 Å². The summed E-state index contributed by atoms with van der Waals surface area (Å²) in [5.41, 5.74) is 0.344. The lowest BCUT2D eigenvalue weighted by Gasteiger charge is -2.41.